The van der Waals surface area contributed by atoms with Gasteiger partial charge in [-0.3, -0.25) is 9.78 Å². The number of H-pyrrole nitrogens is 1. The van der Waals surface area contributed by atoms with Gasteiger partial charge in [0.15, 0.2) is 29.7 Å². The van der Waals surface area contributed by atoms with E-state index in [0.717, 1.165) is 4.68 Å². The zero-order chi connectivity index (χ0) is 25.2. The molecule has 0 aliphatic carbocycles. The van der Waals surface area contributed by atoms with Crippen molar-refractivity contribution < 1.29 is 28.2 Å². The van der Waals surface area contributed by atoms with Gasteiger partial charge in [0.2, 0.25) is 5.95 Å². The number of esters is 2. The molecule has 12 nitrogen and oxygen atoms in total. The summed E-state index contributed by atoms with van der Waals surface area (Å²) < 4.78 is 33.1. The van der Waals surface area contributed by atoms with Crippen LogP contribution in [0.4, 0.5) is 10.3 Å². The molecule has 5 rings (SSSR count). The number of carbonyl (C=O) groups excluding carboxylic acids is 2. The lowest BCUT2D eigenvalue weighted by Crippen LogP contribution is -2.35. The van der Waals surface area contributed by atoms with Gasteiger partial charge in [-0.25, -0.2) is 14.0 Å². The number of aromatic nitrogens is 5. The van der Waals surface area contributed by atoms with Crippen LogP contribution in [-0.4, -0.2) is 61.9 Å². The highest BCUT2D eigenvalue weighted by Gasteiger charge is 2.50. The van der Waals surface area contributed by atoms with Gasteiger partial charge >= 0.3 is 11.9 Å². The van der Waals surface area contributed by atoms with Gasteiger partial charge in [0.05, 0.1) is 11.1 Å². The quantitative estimate of drug-likeness (QED) is 0.375. The number of fused-ring (bicyclic) bond motifs is 1. The molecule has 0 amide bonds. The normalized spacial score (nSPS) is 21.4. The van der Waals surface area contributed by atoms with Gasteiger partial charge < -0.3 is 19.9 Å². The Bertz CT molecular complexity index is 1460. The van der Waals surface area contributed by atoms with Crippen molar-refractivity contribution >= 4 is 29.1 Å². The fourth-order valence-corrected chi connectivity index (χ4v) is 3.76. The van der Waals surface area contributed by atoms with Crippen LogP contribution in [0.3, 0.4) is 0 Å². The molecule has 0 bridgehead atoms. The van der Waals surface area contributed by atoms with E-state index in [1.54, 1.807) is 48.5 Å². The van der Waals surface area contributed by atoms with Crippen molar-refractivity contribution in [1.82, 2.24) is 25.0 Å². The molecule has 2 aromatic carbocycles. The van der Waals surface area contributed by atoms with E-state index in [1.807, 2.05) is 0 Å². The smallest absolute Gasteiger partial charge is 0.338 e. The monoisotopic (exact) mass is 494 g/mol. The van der Waals surface area contributed by atoms with Crippen LogP contribution in [0.1, 0.15) is 26.9 Å². The third-order valence-electron chi connectivity index (χ3n) is 5.50. The summed E-state index contributed by atoms with van der Waals surface area (Å²) in [5.41, 5.74) is 5.16. The highest BCUT2D eigenvalue weighted by Crippen LogP contribution is 2.35. The van der Waals surface area contributed by atoms with Crippen LogP contribution in [0.25, 0.3) is 11.2 Å². The largest absolute Gasteiger partial charge is 0.459 e. The van der Waals surface area contributed by atoms with Crippen LogP contribution in [0.2, 0.25) is 0 Å². The van der Waals surface area contributed by atoms with Crippen LogP contribution < -0.4 is 11.3 Å². The topological polar surface area (TPSA) is 164 Å². The number of ether oxygens (including phenoxy) is 3. The molecule has 2 aromatic heterocycles. The van der Waals surface area contributed by atoms with E-state index in [2.05, 4.69) is 20.3 Å². The van der Waals surface area contributed by atoms with Crippen molar-refractivity contribution in [3.05, 3.63) is 82.1 Å². The fraction of sp³-hybridized carbons (Fsp3) is 0.217. The molecule has 36 heavy (non-hydrogen) atoms. The van der Waals surface area contributed by atoms with Gasteiger partial charge in [0, 0.05) is 0 Å². The molecule has 4 atom stereocenters. The van der Waals surface area contributed by atoms with E-state index in [-0.39, 0.29) is 28.2 Å². The van der Waals surface area contributed by atoms with Crippen LogP contribution in [0, 0.1) is 0 Å². The number of hydrogen-bond acceptors (Lipinski definition) is 10. The Hall–Kier alpha value is -4.65. The lowest BCUT2D eigenvalue weighted by atomic mass is 10.1. The van der Waals surface area contributed by atoms with Crippen LogP contribution in [0.5, 0.6) is 0 Å². The third kappa shape index (κ3) is 4.38. The molecule has 1 fully saturated rings. The first-order chi connectivity index (χ1) is 17.4. The molecule has 4 aromatic rings. The Morgan fingerprint density at radius 3 is 2.36 bits per heavy atom. The van der Waals surface area contributed by atoms with Crippen LogP contribution in [0.15, 0.2) is 65.5 Å². The Morgan fingerprint density at radius 1 is 1.06 bits per heavy atom. The average Bonchev–Trinajstić information content (AvgIpc) is 3.44. The molecule has 0 radical (unpaired) electrons. The first-order valence-corrected chi connectivity index (χ1v) is 10.8. The predicted molar refractivity (Wildman–Crippen MR) is 122 cm³/mol. The summed E-state index contributed by atoms with van der Waals surface area (Å²) in [7, 11) is 0. The van der Waals surface area contributed by atoms with Crippen molar-refractivity contribution in [1.29, 1.82) is 0 Å². The minimum Gasteiger partial charge on any atom is -0.459 e. The zero-order valence-corrected chi connectivity index (χ0v) is 18.5. The summed E-state index contributed by atoms with van der Waals surface area (Å²) >= 11 is 0. The van der Waals surface area contributed by atoms with Gasteiger partial charge in [-0.15, -0.1) is 5.10 Å². The maximum atomic E-state index is 15.6. The van der Waals surface area contributed by atoms with Crippen molar-refractivity contribution in [3.8, 4) is 0 Å². The number of halogens is 1. The van der Waals surface area contributed by atoms with E-state index in [1.165, 1.54) is 12.1 Å². The summed E-state index contributed by atoms with van der Waals surface area (Å²) in [5.74, 6) is -1.72. The van der Waals surface area contributed by atoms with Crippen LogP contribution >= 0.6 is 0 Å². The molecular weight excluding hydrogens is 475 g/mol. The average molecular weight is 494 g/mol. The SMILES string of the molecule is Nc1nc2c(nnn2[C@@H]2O[C@H](COC(=O)c3ccccc3)[C@H](F)[C@H]2OC(=O)c2ccccc2)c(=O)[nH]1. The van der Waals surface area contributed by atoms with E-state index in [0.29, 0.717) is 0 Å². The lowest BCUT2D eigenvalue weighted by Gasteiger charge is -2.20. The number of rotatable bonds is 6. The maximum Gasteiger partial charge on any atom is 0.338 e. The van der Waals surface area contributed by atoms with Gasteiger partial charge in [-0.2, -0.15) is 9.67 Å². The number of benzene rings is 2. The summed E-state index contributed by atoms with van der Waals surface area (Å²) in [6.45, 7) is -0.479. The maximum absolute atomic E-state index is 15.6. The second-order valence-corrected chi connectivity index (χ2v) is 7.87. The molecule has 13 heteroatoms. The van der Waals surface area contributed by atoms with Gasteiger partial charge in [-0.05, 0) is 24.3 Å². The Morgan fingerprint density at radius 2 is 1.69 bits per heavy atom. The first kappa shape index (κ1) is 23.1. The number of hydrogen-bond donors (Lipinski definition) is 2. The molecular formula is C23H19FN6O6. The molecule has 3 heterocycles. The number of anilines is 1. The minimum atomic E-state index is -1.93. The Kier molecular flexibility index (Phi) is 6.12. The minimum absolute atomic E-state index is 0.101. The Labute approximate surface area is 201 Å². The number of aromatic amines is 1. The van der Waals surface area contributed by atoms with Crippen molar-refractivity contribution in [2.24, 2.45) is 0 Å². The van der Waals surface area contributed by atoms with E-state index < -0.39 is 48.7 Å². The lowest BCUT2D eigenvalue weighted by molar-refractivity contribution is -0.0655. The summed E-state index contributed by atoms with van der Waals surface area (Å²) in [4.78, 5) is 43.5. The van der Waals surface area contributed by atoms with Crippen molar-refractivity contribution in [2.45, 2.75) is 24.6 Å². The molecule has 184 valence electrons. The Balaban J connectivity index is 1.44. The molecule has 0 spiro atoms. The number of nitrogens with one attached hydrogen (secondary N) is 1. The predicted octanol–water partition coefficient (Wildman–Crippen LogP) is 1.41. The summed E-state index contributed by atoms with van der Waals surface area (Å²) in [6, 6.07) is 16.1. The highest BCUT2D eigenvalue weighted by molar-refractivity contribution is 5.90. The van der Waals surface area contributed by atoms with Gasteiger partial charge in [0.1, 0.15) is 12.7 Å². The number of alkyl halides is 1. The highest BCUT2D eigenvalue weighted by atomic mass is 19.1. The van der Waals surface area contributed by atoms with Crippen LogP contribution in [-0.2, 0) is 14.2 Å². The van der Waals surface area contributed by atoms with E-state index in [4.69, 9.17) is 19.9 Å². The molecule has 0 saturated carbocycles. The number of nitrogen functional groups attached to an aromatic ring is 1. The molecule has 1 aliphatic heterocycles. The molecule has 3 N–H and O–H groups in total. The van der Waals surface area contributed by atoms with Gasteiger partial charge in [-0.1, -0.05) is 41.6 Å². The number of nitrogens with zero attached hydrogens (tertiary/aromatic N) is 4. The van der Waals surface area contributed by atoms with Crippen molar-refractivity contribution in [2.75, 3.05) is 12.3 Å². The fourth-order valence-electron chi connectivity index (χ4n) is 3.76. The summed E-state index contributed by atoms with van der Waals surface area (Å²) in [5, 5.41) is 7.62. The standard InChI is InChI=1S/C23H19FN6O6/c24-15-14(11-34-21(32)12-7-3-1-4-8-12)35-20(17(15)36-22(33)13-9-5-2-6-10-13)30-18-16(28-29-30)19(31)27-23(25)26-18/h1-10,14-15,17,20H,11H2,(H3,25,26,27,31)/t14-,15+,17-,20-/m1/s1. The first-order valence-electron chi connectivity index (χ1n) is 10.8. The van der Waals surface area contributed by atoms with Crippen molar-refractivity contribution in [3.63, 3.8) is 0 Å². The van der Waals surface area contributed by atoms with E-state index >= 15 is 4.39 Å². The zero-order valence-electron chi connectivity index (χ0n) is 18.5. The molecule has 0 unspecified atom stereocenters. The van der Waals surface area contributed by atoms with E-state index in [9.17, 15) is 14.4 Å². The molecule has 1 aliphatic rings. The summed E-state index contributed by atoms with van der Waals surface area (Å²) in [6.07, 6.45) is -6.17. The second kappa shape index (κ2) is 9.54. The third-order valence-corrected chi connectivity index (χ3v) is 5.50. The van der Waals surface area contributed by atoms with Gasteiger partial charge in [0.25, 0.3) is 5.56 Å². The number of carbonyl (C=O) groups is 2. The second-order valence-electron chi connectivity index (χ2n) is 7.87. The molecule has 1 saturated heterocycles. The number of nitrogens with two attached hydrogens (primary N) is 1.